The first-order valence-electron chi connectivity index (χ1n) is 3.24. The van der Waals surface area contributed by atoms with Crippen molar-refractivity contribution in [1.29, 1.82) is 0 Å². The molecule has 0 amide bonds. The second kappa shape index (κ2) is 13.1. The van der Waals surface area contributed by atoms with Crippen LogP contribution in [0.2, 0.25) is 0 Å². The summed E-state index contributed by atoms with van der Waals surface area (Å²) < 4.78 is 4.15. The zero-order valence-corrected chi connectivity index (χ0v) is 16.1. The fourth-order valence-corrected chi connectivity index (χ4v) is 1.32. The van der Waals surface area contributed by atoms with E-state index in [1.165, 1.54) is 0 Å². The maximum absolute atomic E-state index is 9.99. The Morgan fingerprint density at radius 1 is 1.15 bits per heavy atom. The van der Waals surface area contributed by atoms with E-state index in [1.807, 2.05) is 6.92 Å². The molecule has 0 radical (unpaired) electrons. The molecule has 0 heterocycles. The van der Waals surface area contributed by atoms with Gasteiger partial charge in [-0.05, 0) is 13.3 Å². The van der Waals surface area contributed by atoms with Crippen molar-refractivity contribution >= 4 is 9.05 Å². The van der Waals surface area contributed by atoms with Gasteiger partial charge in [-0.15, -0.1) is 9.05 Å². The summed E-state index contributed by atoms with van der Waals surface area (Å²) >= 11 is 0. The average molecular weight is 232 g/mol. The summed E-state index contributed by atoms with van der Waals surface area (Å²) in [5, 5.41) is 0. The van der Waals surface area contributed by atoms with Crippen LogP contribution in [-0.2, 0) is 4.43 Å². The van der Waals surface area contributed by atoms with E-state index in [0.717, 1.165) is 6.42 Å². The SMILES string of the molecule is CCCC(C)O[Si]([O-])([O-])[O-].[Na+].[Na+].[Na+]. The number of rotatable bonds is 4. The average Bonchev–Trinajstić information content (AvgIpc) is 1.59. The zero-order valence-electron chi connectivity index (χ0n) is 9.12. The summed E-state index contributed by atoms with van der Waals surface area (Å²) in [4.78, 5) is 30.0. The molecule has 8 heteroatoms. The van der Waals surface area contributed by atoms with Crippen molar-refractivity contribution in [1.82, 2.24) is 0 Å². The van der Waals surface area contributed by atoms with Crippen LogP contribution < -0.4 is 103 Å². The molecule has 0 rings (SSSR count). The molecule has 0 N–H and O–H groups in total. The minimum Gasteiger partial charge on any atom is -0.861 e. The maximum atomic E-state index is 9.99. The van der Waals surface area contributed by atoms with Gasteiger partial charge in [0, 0.05) is 6.10 Å². The van der Waals surface area contributed by atoms with Gasteiger partial charge in [0.25, 0.3) is 0 Å². The molecule has 0 aliphatic heterocycles. The standard InChI is InChI=1S/C5H11O4Si.3Na/c1-3-4-5(2)9-10(6,7)8;;;/h5H,3-4H2,1-2H3;;;/q-3;3*+1. The third-order valence-electron chi connectivity index (χ3n) is 1.04. The van der Waals surface area contributed by atoms with Crippen LogP contribution in [0.15, 0.2) is 0 Å². The Hall–Kier alpha value is 3.06. The third kappa shape index (κ3) is 21.0. The van der Waals surface area contributed by atoms with Gasteiger partial charge in [0.1, 0.15) is 0 Å². The van der Waals surface area contributed by atoms with Gasteiger partial charge in [0.05, 0.1) is 0 Å². The van der Waals surface area contributed by atoms with Gasteiger partial charge in [0.2, 0.25) is 0 Å². The smallest absolute Gasteiger partial charge is 0.861 e. The molecule has 0 bridgehead atoms. The molecule has 4 nitrogen and oxygen atoms in total. The molecule has 0 aromatic heterocycles. The van der Waals surface area contributed by atoms with E-state index in [0.29, 0.717) is 6.42 Å². The van der Waals surface area contributed by atoms with Gasteiger partial charge >= 0.3 is 88.7 Å². The minimum absolute atomic E-state index is 0. The van der Waals surface area contributed by atoms with Gasteiger partial charge in [-0.3, -0.25) is 0 Å². The molecule has 1 atom stereocenters. The van der Waals surface area contributed by atoms with E-state index in [4.69, 9.17) is 0 Å². The quantitative estimate of drug-likeness (QED) is 0.451. The van der Waals surface area contributed by atoms with Gasteiger partial charge in [-0.2, -0.15) is 0 Å². The van der Waals surface area contributed by atoms with Crippen LogP contribution >= 0.6 is 0 Å². The first-order chi connectivity index (χ1) is 4.45. The summed E-state index contributed by atoms with van der Waals surface area (Å²) in [6, 6.07) is 0. The van der Waals surface area contributed by atoms with Crippen molar-refractivity contribution in [3.05, 3.63) is 0 Å². The predicted molar refractivity (Wildman–Crippen MR) is 31.2 cm³/mol. The van der Waals surface area contributed by atoms with Crippen molar-refractivity contribution in [3.8, 4) is 0 Å². The predicted octanol–water partition coefficient (Wildman–Crippen LogP) is -11.3. The molecular formula is C5H11Na3O4Si. The Balaban J connectivity index is -0.000000135. The fraction of sp³-hybridized carbons (Fsp3) is 1.00. The number of hydrogen-bond acceptors (Lipinski definition) is 4. The van der Waals surface area contributed by atoms with E-state index < -0.39 is 15.2 Å². The molecule has 0 aromatic rings. The fourth-order valence-electron chi connectivity index (χ4n) is 0.712. The van der Waals surface area contributed by atoms with E-state index in [9.17, 15) is 14.4 Å². The molecule has 0 aliphatic carbocycles. The Morgan fingerprint density at radius 2 is 1.54 bits per heavy atom. The van der Waals surface area contributed by atoms with E-state index in [1.54, 1.807) is 6.92 Å². The summed E-state index contributed by atoms with van der Waals surface area (Å²) in [5.41, 5.74) is 0. The van der Waals surface area contributed by atoms with Crippen LogP contribution in [0.5, 0.6) is 0 Å². The van der Waals surface area contributed by atoms with E-state index in [2.05, 4.69) is 4.43 Å². The summed E-state index contributed by atoms with van der Waals surface area (Å²) in [6.45, 7) is 3.46. The van der Waals surface area contributed by atoms with Crippen molar-refractivity contribution in [2.24, 2.45) is 0 Å². The van der Waals surface area contributed by atoms with Crippen LogP contribution in [0.25, 0.3) is 0 Å². The monoisotopic (exact) mass is 232 g/mol. The summed E-state index contributed by atoms with van der Waals surface area (Å²) in [5.74, 6) is 0. The van der Waals surface area contributed by atoms with Gasteiger partial charge in [0.15, 0.2) is 0 Å². The molecule has 0 aromatic carbocycles. The first-order valence-corrected chi connectivity index (χ1v) is 4.88. The molecule has 62 valence electrons. The molecule has 13 heavy (non-hydrogen) atoms. The molecule has 0 aliphatic rings. The largest absolute Gasteiger partial charge is 1.00 e. The maximum Gasteiger partial charge on any atom is 1.00 e. The zero-order chi connectivity index (χ0) is 8.20. The van der Waals surface area contributed by atoms with Crippen LogP contribution in [-0.4, -0.2) is 15.2 Å². The molecule has 0 spiro atoms. The van der Waals surface area contributed by atoms with Crippen LogP contribution in [0, 0.1) is 0 Å². The van der Waals surface area contributed by atoms with E-state index >= 15 is 0 Å². The topological polar surface area (TPSA) is 78.4 Å². The molecular weight excluding hydrogens is 221 g/mol. The Bertz CT molecular complexity index is 100. The normalized spacial score (nSPS) is 11.8. The first kappa shape index (κ1) is 25.0. The van der Waals surface area contributed by atoms with Crippen LogP contribution in [0.4, 0.5) is 0 Å². The van der Waals surface area contributed by atoms with Gasteiger partial charge in [-0.25, -0.2) is 0 Å². The Kier molecular flexibility index (Phi) is 25.3. The van der Waals surface area contributed by atoms with Crippen molar-refractivity contribution < 1.29 is 107 Å². The Morgan fingerprint density at radius 3 is 1.77 bits per heavy atom. The second-order valence-corrected chi connectivity index (χ2v) is 3.45. The second-order valence-electron chi connectivity index (χ2n) is 2.22. The summed E-state index contributed by atoms with van der Waals surface area (Å²) in [6.07, 6.45) is 0.941. The molecule has 0 fully saturated rings. The molecule has 0 saturated heterocycles. The van der Waals surface area contributed by atoms with E-state index in [-0.39, 0.29) is 88.7 Å². The van der Waals surface area contributed by atoms with Gasteiger partial charge < -0.3 is 18.8 Å². The van der Waals surface area contributed by atoms with Crippen molar-refractivity contribution in [3.63, 3.8) is 0 Å². The molecule has 1 unspecified atom stereocenters. The van der Waals surface area contributed by atoms with Crippen LogP contribution in [0.1, 0.15) is 26.7 Å². The third-order valence-corrected chi connectivity index (χ3v) is 1.73. The Labute approximate surface area is 147 Å². The minimum atomic E-state index is -5.01. The number of hydrogen-bond donors (Lipinski definition) is 0. The van der Waals surface area contributed by atoms with Crippen LogP contribution in [0.3, 0.4) is 0 Å². The van der Waals surface area contributed by atoms with Gasteiger partial charge in [-0.1, -0.05) is 13.3 Å². The summed E-state index contributed by atoms with van der Waals surface area (Å²) in [7, 11) is -5.01. The van der Waals surface area contributed by atoms with Crippen molar-refractivity contribution in [2.45, 2.75) is 32.8 Å². The molecule has 0 saturated carbocycles. The van der Waals surface area contributed by atoms with Crippen molar-refractivity contribution in [2.75, 3.05) is 0 Å².